The van der Waals surface area contributed by atoms with Gasteiger partial charge in [-0.25, -0.2) is 10.0 Å². The Hall–Kier alpha value is -0.320. The largest absolute Gasteiger partial charge is 0.388 e. The van der Waals surface area contributed by atoms with Crippen LogP contribution in [0, 0.1) is 0 Å². The van der Waals surface area contributed by atoms with E-state index in [1.807, 2.05) is 6.92 Å². The van der Waals surface area contributed by atoms with Crippen molar-refractivity contribution in [3.05, 3.63) is 0 Å². The molecule has 8 nitrogen and oxygen atoms in total. The molecule has 1 unspecified atom stereocenters. The number of likely N-dealkylation sites (N-methyl/N-ethyl adjacent to an activating group) is 1. The number of nitrogens with zero attached hydrogens (tertiary/aromatic N) is 7. The summed E-state index contributed by atoms with van der Waals surface area (Å²) in [4.78, 5) is 6.86. The second-order valence-corrected chi connectivity index (χ2v) is 11.1. The molecular weight excluding hydrogens is 402 g/mol. The molecule has 0 spiro atoms. The van der Waals surface area contributed by atoms with E-state index in [0.29, 0.717) is 0 Å². The van der Waals surface area contributed by atoms with Crippen LogP contribution in [0.15, 0.2) is 0 Å². The van der Waals surface area contributed by atoms with E-state index in [0.717, 1.165) is 24.1 Å². The first-order chi connectivity index (χ1) is 14.8. The first kappa shape index (κ1) is 31.7. The van der Waals surface area contributed by atoms with Crippen molar-refractivity contribution >= 4 is 0 Å². The van der Waals surface area contributed by atoms with E-state index in [9.17, 15) is 0 Å². The molecular formula is C24H58N7O+. The summed E-state index contributed by atoms with van der Waals surface area (Å²) >= 11 is 0. The molecule has 194 valence electrons. The van der Waals surface area contributed by atoms with Crippen LogP contribution < -0.4 is 0 Å². The number of hydrogen-bond donors (Lipinski definition) is 1. The molecule has 1 aliphatic heterocycles. The lowest BCUT2D eigenvalue weighted by atomic mass is 10.3. The van der Waals surface area contributed by atoms with Gasteiger partial charge in [-0.2, -0.15) is 5.12 Å². The van der Waals surface area contributed by atoms with Crippen molar-refractivity contribution in [1.29, 1.82) is 0 Å². The zero-order valence-corrected chi connectivity index (χ0v) is 23.3. The maximum Gasteiger partial charge on any atom is 0.104 e. The van der Waals surface area contributed by atoms with E-state index in [2.05, 4.69) is 93.3 Å². The molecule has 0 radical (unpaired) electrons. The highest BCUT2D eigenvalue weighted by atomic mass is 16.3. The van der Waals surface area contributed by atoms with Crippen LogP contribution in [-0.4, -0.2) is 168 Å². The van der Waals surface area contributed by atoms with Crippen molar-refractivity contribution in [2.75, 3.05) is 122 Å². The fourth-order valence-electron chi connectivity index (χ4n) is 4.04. The molecule has 1 heterocycles. The first-order valence-corrected chi connectivity index (χ1v) is 12.5. The summed E-state index contributed by atoms with van der Waals surface area (Å²) in [5.41, 5.74) is 0. The molecule has 0 aromatic rings. The zero-order valence-electron chi connectivity index (χ0n) is 23.3. The molecule has 1 aliphatic rings. The van der Waals surface area contributed by atoms with Crippen LogP contribution in [-0.2, 0) is 0 Å². The van der Waals surface area contributed by atoms with Crippen LogP contribution in [0.5, 0.6) is 0 Å². The van der Waals surface area contributed by atoms with Crippen molar-refractivity contribution < 1.29 is 9.59 Å². The van der Waals surface area contributed by atoms with Crippen LogP contribution in [0.25, 0.3) is 0 Å². The number of quaternary nitrogens is 1. The molecule has 0 aromatic carbocycles. The predicted octanol–water partition coefficient (Wildman–Crippen LogP) is 1.05. The molecule has 1 atom stereocenters. The van der Waals surface area contributed by atoms with Gasteiger partial charge in [0.25, 0.3) is 0 Å². The predicted molar refractivity (Wildman–Crippen MR) is 139 cm³/mol. The van der Waals surface area contributed by atoms with Crippen LogP contribution in [0.1, 0.15) is 32.6 Å². The summed E-state index contributed by atoms with van der Waals surface area (Å²) in [5, 5.41) is 16.6. The Balaban J connectivity index is 0.00000102. The quantitative estimate of drug-likeness (QED) is 0.389. The molecule has 0 aliphatic carbocycles. The minimum absolute atomic E-state index is 0.185. The normalized spacial score (nSPS) is 17.8. The maximum atomic E-state index is 8.87. The van der Waals surface area contributed by atoms with E-state index in [1.165, 1.54) is 65.0 Å². The molecule has 1 saturated heterocycles. The summed E-state index contributed by atoms with van der Waals surface area (Å²) < 4.78 is 0.831. The molecule has 0 saturated carbocycles. The van der Waals surface area contributed by atoms with Gasteiger partial charge in [0.15, 0.2) is 0 Å². The van der Waals surface area contributed by atoms with Crippen molar-refractivity contribution in [2.24, 2.45) is 0 Å². The summed E-state index contributed by atoms with van der Waals surface area (Å²) in [7, 11) is 19.2. The summed E-state index contributed by atoms with van der Waals surface area (Å²) in [6.07, 6.45) is 4.80. The van der Waals surface area contributed by atoms with Gasteiger partial charge in [0.05, 0.1) is 21.1 Å². The molecule has 8 heteroatoms. The van der Waals surface area contributed by atoms with Gasteiger partial charge >= 0.3 is 0 Å². The third-order valence-electron chi connectivity index (χ3n) is 5.30. The van der Waals surface area contributed by atoms with E-state index >= 15 is 0 Å². The van der Waals surface area contributed by atoms with Gasteiger partial charge in [-0.1, -0.05) is 0 Å². The Labute approximate surface area is 200 Å². The van der Waals surface area contributed by atoms with Gasteiger partial charge in [0, 0.05) is 32.7 Å². The summed E-state index contributed by atoms with van der Waals surface area (Å²) in [6, 6.07) is 0. The van der Waals surface area contributed by atoms with Gasteiger partial charge in [0.2, 0.25) is 0 Å². The molecule has 0 aromatic heterocycles. The SMILES string of the molecule is CC(O)C[N+](C)(C)C.CN(C)CCCN1CCCN(CCCN(C)C)N1CCCN(C)C. The Morgan fingerprint density at radius 1 is 0.719 bits per heavy atom. The Morgan fingerprint density at radius 2 is 1.09 bits per heavy atom. The maximum absolute atomic E-state index is 8.87. The molecule has 32 heavy (non-hydrogen) atoms. The molecule has 1 rings (SSSR count). The van der Waals surface area contributed by atoms with Gasteiger partial charge < -0.3 is 24.3 Å². The lowest BCUT2D eigenvalue weighted by molar-refractivity contribution is -0.873. The number of aliphatic hydroxyl groups is 1. The minimum atomic E-state index is -0.185. The number of hydrazine groups is 2. The zero-order chi connectivity index (χ0) is 24.7. The standard InChI is InChI=1S/C18H42N6.C6H16NO/c1-19(2)11-7-14-22-16-10-17-23(15-8-12-20(3)4)24(22)18-9-13-21(5)6;1-6(8)5-7(2,3)4/h7-18H2,1-6H3;6,8H,5H2,1-4H3/q;+1. The van der Waals surface area contributed by atoms with Crippen molar-refractivity contribution in [1.82, 2.24) is 29.8 Å². The fraction of sp³-hybridized carbons (Fsp3) is 1.00. The number of aliphatic hydroxyl groups excluding tert-OH is 1. The average molecular weight is 461 g/mol. The summed E-state index contributed by atoms with van der Waals surface area (Å²) in [5.74, 6) is 0. The van der Waals surface area contributed by atoms with Gasteiger partial charge in [-0.05, 0) is 94.5 Å². The summed E-state index contributed by atoms with van der Waals surface area (Å²) in [6.45, 7) is 12.0. The van der Waals surface area contributed by atoms with Gasteiger partial charge in [0.1, 0.15) is 12.6 Å². The highest BCUT2D eigenvalue weighted by Gasteiger charge is 2.26. The van der Waals surface area contributed by atoms with Crippen LogP contribution >= 0.6 is 0 Å². The minimum Gasteiger partial charge on any atom is -0.388 e. The second kappa shape index (κ2) is 17.2. The number of rotatable bonds is 14. The smallest absolute Gasteiger partial charge is 0.104 e. The van der Waals surface area contributed by atoms with Crippen LogP contribution in [0.3, 0.4) is 0 Å². The topological polar surface area (TPSA) is 39.7 Å². The highest BCUT2D eigenvalue weighted by Crippen LogP contribution is 2.15. The van der Waals surface area contributed by atoms with Crippen LogP contribution in [0.2, 0.25) is 0 Å². The second-order valence-electron chi connectivity index (χ2n) is 11.1. The number of hydrogen-bond acceptors (Lipinski definition) is 7. The molecule has 0 amide bonds. The highest BCUT2D eigenvalue weighted by molar-refractivity contribution is 4.68. The van der Waals surface area contributed by atoms with Crippen LogP contribution in [0.4, 0.5) is 0 Å². The fourth-order valence-corrected chi connectivity index (χ4v) is 4.04. The lowest BCUT2D eigenvalue weighted by Crippen LogP contribution is -2.59. The Bertz CT molecular complexity index is 417. The third-order valence-corrected chi connectivity index (χ3v) is 5.30. The van der Waals surface area contributed by atoms with E-state index in [4.69, 9.17) is 5.11 Å². The third kappa shape index (κ3) is 18.1. The first-order valence-electron chi connectivity index (χ1n) is 12.5. The van der Waals surface area contributed by atoms with Gasteiger partial charge in [-0.3, -0.25) is 0 Å². The molecule has 0 bridgehead atoms. The van der Waals surface area contributed by atoms with E-state index in [-0.39, 0.29) is 6.10 Å². The van der Waals surface area contributed by atoms with E-state index in [1.54, 1.807) is 0 Å². The molecule has 1 N–H and O–H groups in total. The van der Waals surface area contributed by atoms with E-state index < -0.39 is 0 Å². The Morgan fingerprint density at radius 3 is 1.38 bits per heavy atom. The van der Waals surface area contributed by atoms with Crippen molar-refractivity contribution in [3.8, 4) is 0 Å². The average Bonchev–Trinajstić information content (AvgIpc) is 2.61. The lowest BCUT2D eigenvalue weighted by Gasteiger charge is -2.47. The van der Waals surface area contributed by atoms with Crippen molar-refractivity contribution in [3.63, 3.8) is 0 Å². The van der Waals surface area contributed by atoms with Crippen molar-refractivity contribution in [2.45, 2.75) is 38.7 Å². The monoisotopic (exact) mass is 460 g/mol. The Kier molecular flexibility index (Phi) is 17.0. The molecule has 1 fully saturated rings. The van der Waals surface area contributed by atoms with Gasteiger partial charge in [-0.15, -0.1) is 0 Å².